The van der Waals surface area contributed by atoms with Crippen molar-refractivity contribution in [2.75, 3.05) is 25.2 Å². The molecule has 1 rings (SSSR count). The van der Waals surface area contributed by atoms with Crippen LogP contribution in [0.25, 0.3) is 0 Å². The Bertz CT molecular complexity index is 309. The van der Waals surface area contributed by atoms with Crippen LogP contribution in [0.5, 0.6) is 0 Å². The zero-order valence-corrected chi connectivity index (χ0v) is 10.2. The molecule has 0 unspecified atom stereocenters. The fraction of sp³-hybridized carbons (Fsp3) is 0.545. The van der Waals surface area contributed by atoms with E-state index in [4.69, 9.17) is 4.74 Å². The lowest BCUT2D eigenvalue weighted by atomic mass is 10.3. The minimum atomic E-state index is 0.415. The molecule has 0 N–H and O–H groups in total. The Balaban J connectivity index is 2.74. The summed E-state index contributed by atoms with van der Waals surface area (Å²) in [6, 6.07) is 4.26. The Hall–Kier alpha value is -0.870. The number of methoxy groups -OCH3 is 1. The number of hydrogen-bond donors (Lipinski definition) is 0. The van der Waals surface area contributed by atoms with E-state index in [1.54, 1.807) is 7.11 Å². The summed E-state index contributed by atoms with van der Waals surface area (Å²) in [6.45, 7) is 5.82. The van der Waals surface area contributed by atoms with Gasteiger partial charge in [0.05, 0.1) is 16.5 Å². The van der Waals surface area contributed by atoms with Gasteiger partial charge in [0.1, 0.15) is 0 Å². The minimum absolute atomic E-state index is 0.415. The number of thiophene rings is 1. The van der Waals surface area contributed by atoms with Crippen LogP contribution in [0.2, 0.25) is 0 Å². The fourth-order valence-corrected chi connectivity index (χ4v) is 2.35. The van der Waals surface area contributed by atoms with Crippen molar-refractivity contribution in [3.63, 3.8) is 0 Å². The van der Waals surface area contributed by atoms with Crippen LogP contribution >= 0.6 is 11.3 Å². The van der Waals surface area contributed by atoms with Crippen LogP contribution in [0.3, 0.4) is 0 Å². The third kappa shape index (κ3) is 3.32. The van der Waals surface area contributed by atoms with Gasteiger partial charge >= 0.3 is 0 Å². The van der Waals surface area contributed by atoms with Gasteiger partial charge in [0.2, 0.25) is 0 Å². The van der Waals surface area contributed by atoms with Crippen molar-refractivity contribution < 1.29 is 9.53 Å². The molecule has 0 aromatic carbocycles. The lowest BCUT2D eigenvalue weighted by Crippen LogP contribution is -2.33. The Morgan fingerprint density at radius 1 is 1.53 bits per heavy atom. The summed E-state index contributed by atoms with van der Waals surface area (Å²) in [5.74, 6) is 0. The van der Waals surface area contributed by atoms with Crippen molar-refractivity contribution in [2.24, 2.45) is 0 Å². The van der Waals surface area contributed by atoms with Gasteiger partial charge in [-0.15, -0.1) is 11.3 Å². The zero-order valence-electron chi connectivity index (χ0n) is 9.40. The number of aldehydes is 1. The molecule has 0 aliphatic heterocycles. The number of rotatable bonds is 6. The van der Waals surface area contributed by atoms with Gasteiger partial charge in [-0.2, -0.15) is 0 Å². The first-order valence-corrected chi connectivity index (χ1v) is 5.81. The highest BCUT2D eigenvalue weighted by molar-refractivity contribution is 7.17. The van der Waals surface area contributed by atoms with Gasteiger partial charge in [-0.25, -0.2) is 0 Å². The van der Waals surface area contributed by atoms with Gasteiger partial charge < -0.3 is 9.64 Å². The largest absolute Gasteiger partial charge is 0.383 e. The van der Waals surface area contributed by atoms with Crippen LogP contribution in [0.4, 0.5) is 5.00 Å². The third-order valence-corrected chi connectivity index (χ3v) is 3.22. The topological polar surface area (TPSA) is 29.5 Å². The van der Waals surface area contributed by atoms with Gasteiger partial charge in [0, 0.05) is 19.7 Å². The van der Waals surface area contributed by atoms with E-state index in [9.17, 15) is 4.79 Å². The van der Waals surface area contributed by atoms with Crippen molar-refractivity contribution >= 4 is 22.6 Å². The van der Waals surface area contributed by atoms with Crippen LogP contribution in [0.1, 0.15) is 23.5 Å². The lowest BCUT2D eigenvalue weighted by molar-refractivity contribution is 0.112. The molecule has 0 radical (unpaired) electrons. The van der Waals surface area contributed by atoms with E-state index in [0.29, 0.717) is 12.6 Å². The molecule has 1 heterocycles. The molecule has 0 aliphatic carbocycles. The summed E-state index contributed by atoms with van der Waals surface area (Å²) >= 11 is 1.52. The molecule has 0 saturated carbocycles. The van der Waals surface area contributed by atoms with Crippen molar-refractivity contribution in [1.82, 2.24) is 0 Å². The molecule has 1 aromatic rings. The van der Waals surface area contributed by atoms with Crippen LogP contribution < -0.4 is 4.90 Å². The predicted octanol–water partition coefficient (Wildman–Crippen LogP) is 2.42. The summed E-state index contributed by atoms with van der Waals surface area (Å²) in [4.78, 5) is 13.6. The molecule has 84 valence electrons. The van der Waals surface area contributed by atoms with Gasteiger partial charge in [-0.1, -0.05) is 0 Å². The summed E-state index contributed by atoms with van der Waals surface area (Å²) in [6.07, 6.45) is 0.892. The predicted molar refractivity (Wildman–Crippen MR) is 64.1 cm³/mol. The van der Waals surface area contributed by atoms with Crippen LogP contribution in [-0.4, -0.2) is 32.6 Å². The lowest BCUT2D eigenvalue weighted by Gasteiger charge is -2.26. The first-order valence-electron chi connectivity index (χ1n) is 4.99. The first kappa shape index (κ1) is 12.2. The van der Waals surface area contributed by atoms with Crippen molar-refractivity contribution in [2.45, 2.75) is 19.9 Å². The normalized spacial score (nSPS) is 10.7. The molecule has 0 fully saturated rings. The average molecular weight is 227 g/mol. The quantitative estimate of drug-likeness (QED) is 0.699. The summed E-state index contributed by atoms with van der Waals surface area (Å²) < 4.78 is 5.07. The smallest absolute Gasteiger partial charge is 0.160 e. The van der Waals surface area contributed by atoms with Gasteiger partial charge in [-0.3, -0.25) is 4.79 Å². The zero-order chi connectivity index (χ0) is 11.3. The Labute approximate surface area is 94.7 Å². The van der Waals surface area contributed by atoms with Gasteiger partial charge in [-0.05, 0) is 26.0 Å². The average Bonchev–Trinajstić information content (AvgIpc) is 2.66. The second-order valence-corrected chi connectivity index (χ2v) is 4.67. The van der Waals surface area contributed by atoms with E-state index in [0.717, 1.165) is 22.7 Å². The standard InChI is InChI=1S/C11H17NO2S/c1-9(2)12(6-7-14-3)11-5-4-10(8-13)15-11/h4-5,8-9H,6-7H2,1-3H3. The fourth-order valence-electron chi connectivity index (χ4n) is 1.37. The molecular weight excluding hydrogens is 210 g/mol. The van der Waals surface area contributed by atoms with Crippen LogP contribution in [0, 0.1) is 0 Å². The maximum Gasteiger partial charge on any atom is 0.160 e. The Kier molecular flexibility index (Phi) is 4.78. The van der Waals surface area contributed by atoms with Crippen molar-refractivity contribution in [3.8, 4) is 0 Å². The maximum atomic E-state index is 10.6. The summed E-state index contributed by atoms with van der Waals surface area (Å²) in [5, 5.41) is 1.13. The third-order valence-electron chi connectivity index (χ3n) is 2.17. The number of carbonyl (C=O) groups excluding carboxylic acids is 1. The van der Waals surface area contributed by atoms with E-state index in [1.165, 1.54) is 11.3 Å². The molecule has 15 heavy (non-hydrogen) atoms. The molecule has 1 aromatic heterocycles. The number of hydrogen-bond acceptors (Lipinski definition) is 4. The highest BCUT2D eigenvalue weighted by Crippen LogP contribution is 2.26. The van der Waals surface area contributed by atoms with Crippen molar-refractivity contribution in [3.05, 3.63) is 17.0 Å². The molecule has 0 bridgehead atoms. The molecule has 0 saturated heterocycles. The highest BCUT2D eigenvalue weighted by atomic mass is 32.1. The molecule has 0 atom stereocenters. The van der Waals surface area contributed by atoms with Gasteiger partial charge in [0.25, 0.3) is 0 Å². The van der Waals surface area contributed by atoms with E-state index in [-0.39, 0.29) is 0 Å². The molecule has 0 spiro atoms. The second-order valence-electron chi connectivity index (χ2n) is 3.57. The molecule has 0 aliphatic rings. The molecule has 3 nitrogen and oxygen atoms in total. The van der Waals surface area contributed by atoms with Crippen molar-refractivity contribution in [1.29, 1.82) is 0 Å². The van der Waals surface area contributed by atoms with E-state index >= 15 is 0 Å². The minimum Gasteiger partial charge on any atom is -0.383 e. The molecule has 0 amide bonds. The van der Waals surface area contributed by atoms with E-state index in [2.05, 4.69) is 18.7 Å². The number of ether oxygens (including phenoxy) is 1. The Morgan fingerprint density at radius 3 is 2.73 bits per heavy atom. The second kappa shape index (κ2) is 5.88. The highest BCUT2D eigenvalue weighted by Gasteiger charge is 2.12. The number of nitrogens with zero attached hydrogens (tertiary/aromatic N) is 1. The number of anilines is 1. The monoisotopic (exact) mass is 227 g/mol. The van der Waals surface area contributed by atoms with E-state index < -0.39 is 0 Å². The molecule has 4 heteroatoms. The van der Waals surface area contributed by atoms with Crippen LogP contribution in [-0.2, 0) is 4.74 Å². The Morgan fingerprint density at radius 2 is 2.27 bits per heavy atom. The maximum absolute atomic E-state index is 10.6. The van der Waals surface area contributed by atoms with Crippen LogP contribution in [0.15, 0.2) is 12.1 Å². The summed E-state index contributed by atoms with van der Waals surface area (Å²) in [7, 11) is 1.70. The number of carbonyl (C=O) groups is 1. The SMILES string of the molecule is COCCN(c1ccc(C=O)s1)C(C)C. The summed E-state index contributed by atoms with van der Waals surface area (Å²) in [5.41, 5.74) is 0. The van der Waals surface area contributed by atoms with E-state index in [1.807, 2.05) is 12.1 Å². The van der Waals surface area contributed by atoms with Gasteiger partial charge in [0.15, 0.2) is 6.29 Å². The molecular formula is C11H17NO2S. The first-order chi connectivity index (χ1) is 7.19.